The second-order valence-electron chi connectivity index (χ2n) is 8.81. The minimum atomic E-state index is -0.262. The molecule has 0 atom stereocenters. The lowest BCUT2D eigenvalue weighted by Crippen LogP contribution is -2.39. The zero-order valence-corrected chi connectivity index (χ0v) is 20.3. The Labute approximate surface area is 210 Å². The number of carbonyl (C=O) groups is 2. The van der Waals surface area contributed by atoms with E-state index >= 15 is 0 Å². The van der Waals surface area contributed by atoms with E-state index in [2.05, 4.69) is 20.9 Å². The van der Waals surface area contributed by atoms with Gasteiger partial charge in [-0.25, -0.2) is 0 Å². The van der Waals surface area contributed by atoms with Gasteiger partial charge in [-0.2, -0.15) is 0 Å². The zero-order valence-electron chi connectivity index (χ0n) is 20.3. The molecule has 2 aliphatic rings. The molecule has 186 valence electrons. The number of morpholine rings is 1. The van der Waals surface area contributed by atoms with Crippen molar-refractivity contribution >= 4 is 23.2 Å². The Hall–Kier alpha value is -3.88. The maximum atomic E-state index is 13.0. The third-order valence-electron chi connectivity index (χ3n) is 6.62. The van der Waals surface area contributed by atoms with E-state index in [0.29, 0.717) is 23.4 Å². The Balaban J connectivity index is 1.28. The Morgan fingerprint density at radius 2 is 1.81 bits per heavy atom. The summed E-state index contributed by atoms with van der Waals surface area (Å²) in [6.45, 7) is 5.67. The number of hydrogen-bond donors (Lipinski definition) is 3. The third kappa shape index (κ3) is 5.05. The van der Waals surface area contributed by atoms with E-state index < -0.39 is 0 Å². The quantitative estimate of drug-likeness (QED) is 0.451. The standard InChI is InChI=1S/C28H30N4O4/c1-35-25-5-3-2-4-22(25)21-10-11-24(26-23(21)18-30-28(26)34)31-27(33)19-6-8-20(9-7-19)29-12-13-32-14-16-36-17-15-32/h2-11,29H,12-18H2,1H3,(H,30,34)(H,31,33). The maximum Gasteiger partial charge on any atom is 0.255 e. The van der Waals surface area contributed by atoms with Crippen LogP contribution in [-0.2, 0) is 11.3 Å². The monoisotopic (exact) mass is 486 g/mol. The molecule has 2 heterocycles. The number of nitrogens with zero attached hydrogens (tertiary/aromatic N) is 1. The summed E-state index contributed by atoms with van der Waals surface area (Å²) < 4.78 is 10.9. The molecule has 0 aromatic heterocycles. The van der Waals surface area contributed by atoms with Gasteiger partial charge in [0.2, 0.25) is 0 Å². The van der Waals surface area contributed by atoms with Gasteiger partial charge in [0.25, 0.3) is 11.8 Å². The van der Waals surface area contributed by atoms with Crippen molar-refractivity contribution in [1.29, 1.82) is 0 Å². The van der Waals surface area contributed by atoms with Gasteiger partial charge in [0.15, 0.2) is 0 Å². The summed E-state index contributed by atoms with van der Waals surface area (Å²) in [4.78, 5) is 28.1. The third-order valence-corrected chi connectivity index (χ3v) is 6.62. The van der Waals surface area contributed by atoms with Gasteiger partial charge >= 0.3 is 0 Å². The summed E-state index contributed by atoms with van der Waals surface area (Å²) >= 11 is 0. The van der Waals surface area contributed by atoms with Crippen LogP contribution in [-0.4, -0.2) is 63.2 Å². The maximum absolute atomic E-state index is 13.0. The Morgan fingerprint density at radius 3 is 2.58 bits per heavy atom. The van der Waals surface area contributed by atoms with Crippen LogP contribution < -0.4 is 20.7 Å². The van der Waals surface area contributed by atoms with Crippen molar-refractivity contribution < 1.29 is 19.1 Å². The minimum Gasteiger partial charge on any atom is -0.496 e. The van der Waals surface area contributed by atoms with Crippen molar-refractivity contribution in [2.45, 2.75) is 6.54 Å². The molecule has 3 N–H and O–H groups in total. The molecule has 8 heteroatoms. The van der Waals surface area contributed by atoms with Crippen LogP contribution in [0.2, 0.25) is 0 Å². The van der Waals surface area contributed by atoms with Crippen LogP contribution in [0.4, 0.5) is 11.4 Å². The van der Waals surface area contributed by atoms with Gasteiger partial charge in [0, 0.05) is 49.5 Å². The molecule has 0 aliphatic carbocycles. The first kappa shape index (κ1) is 23.8. The molecule has 1 saturated heterocycles. The molecular weight excluding hydrogens is 456 g/mol. The second kappa shape index (κ2) is 10.8. The molecular formula is C28H30N4O4. The van der Waals surface area contributed by atoms with E-state index in [-0.39, 0.29) is 11.8 Å². The Kier molecular flexibility index (Phi) is 7.16. The first-order valence-electron chi connectivity index (χ1n) is 12.2. The number of fused-ring (bicyclic) bond motifs is 1. The van der Waals surface area contributed by atoms with Crippen LogP contribution >= 0.6 is 0 Å². The van der Waals surface area contributed by atoms with Crippen LogP contribution in [0.5, 0.6) is 5.75 Å². The number of anilines is 2. The van der Waals surface area contributed by atoms with E-state index in [1.165, 1.54) is 0 Å². The largest absolute Gasteiger partial charge is 0.496 e. The fraction of sp³-hybridized carbons (Fsp3) is 0.286. The molecule has 0 radical (unpaired) electrons. The molecule has 0 bridgehead atoms. The van der Waals surface area contributed by atoms with Gasteiger partial charge in [0.1, 0.15) is 5.75 Å². The average Bonchev–Trinajstić information content (AvgIpc) is 3.32. The number of benzene rings is 3. The lowest BCUT2D eigenvalue weighted by molar-refractivity contribution is 0.0398. The molecule has 5 rings (SSSR count). The van der Waals surface area contributed by atoms with Crippen molar-refractivity contribution in [3.05, 3.63) is 77.4 Å². The molecule has 36 heavy (non-hydrogen) atoms. The normalized spacial score (nSPS) is 15.2. The van der Waals surface area contributed by atoms with Crippen LogP contribution in [0, 0.1) is 0 Å². The first-order chi connectivity index (χ1) is 17.6. The van der Waals surface area contributed by atoms with Crippen molar-refractivity contribution in [1.82, 2.24) is 10.2 Å². The number of amides is 2. The van der Waals surface area contributed by atoms with Gasteiger partial charge < -0.3 is 25.4 Å². The molecule has 3 aromatic rings. The van der Waals surface area contributed by atoms with Crippen molar-refractivity contribution in [3.8, 4) is 16.9 Å². The van der Waals surface area contributed by atoms with Gasteiger partial charge in [0.05, 0.1) is 31.6 Å². The lowest BCUT2D eigenvalue weighted by atomic mass is 9.95. The molecule has 3 aromatic carbocycles. The Morgan fingerprint density at radius 1 is 1.03 bits per heavy atom. The SMILES string of the molecule is COc1ccccc1-c1ccc(NC(=O)c2ccc(NCCN3CCOCC3)cc2)c2c1CNC2=O. The van der Waals surface area contributed by atoms with Crippen molar-refractivity contribution in [2.75, 3.05) is 57.1 Å². The smallest absolute Gasteiger partial charge is 0.255 e. The summed E-state index contributed by atoms with van der Waals surface area (Å²) in [6.07, 6.45) is 0. The van der Waals surface area contributed by atoms with Gasteiger partial charge in [-0.05, 0) is 47.5 Å². The van der Waals surface area contributed by atoms with Gasteiger partial charge in [-0.3, -0.25) is 14.5 Å². The van der Waals surface area contributed by atoms with Gasteiger partial charge in [-0.15, -0.1) is 0 Å². The number of carbonyl (C=O) groups excluding carboxylic acids is 2. The van der Waals surface area contributed by atoms with E-state index in [1.807, 2.05) is 42.5 Å². The number of hydrogen-bond acceptors (Lipinski definition) is 6. The number of methoxy groups -OCH3 is 1. The number of nitrogens with one attached hydrogen (secondary N) is 3. The summed E-state index contributed by atoms with van der Waals surface area (Å²) in [5.74, 6) is 0.271. The molecule has 2 aliphatic heterocycles. The fourth-order valence-corrected chi connectivity index (χ4v) is 4.69. The van der Waals surface area contributed by atoms with E-state index in [1.54, 1.807) is 25.3 Å². The highest BCUT2D eigenvalue weighted by Crippen LogP contribution is 2.38. The first-order valence-corrected chi connectivity index (χ1v) is 12.2. The number of ether oxygens (including phenoxy) is 2. The summed E-state index contributed by atoms with van der Waals surface area (Å²) in [6, 6.07) is 18.8. The average molecular weight is 487 g/mol. The van der Waals surface area contributed by atoms with E-state index in [4.69, 9.17) is 9.47 Å². The predicted octanol–water partition coefficient (Wildman–Crippen LogP) is 3.60. The second-order valence-corrected chi connectivity index (χ2v) is 8.81. The van der Waals surface area contributed by atoms with Crippen LogP contribution in [0.15, 0.2) is 60.7 Å². The molecule has 0 saturated carbocycles. The minimum absolute atomic E-state index is 0.197. The highest BCUT2D eigenvalue weighted by Gasteiger charge is 2.27. The Bertz CT molecular complexity index is 1250. The van der Waals surface area contributed by atoms with Crippen LogP contribution in [0.3, 0.4) is 0 Å². The summed E-state index contributed by atoms with van der Waals surface area (Å²) in [5, 5.41) is 9.22. The molecule has 8 nitrogen and oxygen atoms in total. The van der Waals surface area contributed by atoms with E-state index in [0.717, 1.165) is 67.5 Å². The topological polar surface area (TPSA) is 91.9 Å². The predicted molar refractivity (Wildman–Crippen MR) is 140 cm³/mol. The van der Waals surface area contributed by atoms with Crippen molar-refractivity contribution in [3.63, 3.8) is 0 Å². The lowest BCUT2D eigenvalue weighted by Gasteiger charge is -2.26. The summed E-state index contributed by atoms with van der Waals surface area (Å²) in [5.41, 5.74) is 5.14. The zero-order chi connectivity index (χ0) is 24.9. The molecule has 0 spiro atoms. The fourth-order valence-electron chi connectivity index (χ4n) is 4.69. The highest BCUT2D eigenvalue weighted by atomic mass is 16.5. The molecule has 1 fully saturated rings. The van der Waals surface area contributed by atoms with E-state index in [9.17, 15) is 9.59 Å². The van der Waals surface area contributed by atoms with Crippen LogP contribution in [0.1, 0.15) is 26.3 Å². The van der Waals surface area contributed by atoms with Crippen LogP contribution in [0.25, 0.3) is 11.1 Å². The highest BCUT2D eigenvalue weighted by molar-refractivity contribution is 6.11. The molecule has 0 unspecified atom stereocenters. The number of para-hydroxylation sites is 1. The van der Waals surface area contributed by atoms with Crippen molar-refractivity contribution in [2.24, 2.45) is 0 Å². The summed E-state index contributed by atoms with van der Waals surface area (Å²) in [7, 11) is 1.63. The van der Waals surface area contributed by atoms with Gasteiger partial charge in [-0.1, -0.05) is 24.3 Å². The number of rotatable bonds is 8. The molecule has 2 amide bonds.